The van der Waals surface area contributed by atoms with Crippen LogP contribution in [0.5, 0.6) is 0 Å². The van der Waals surface area contributed by atoms with E-state index in [4.69, 9.17) is 0 Å². The molecule has 2 aliphatic rings. The molecule has 0 radical (unpaired) electrons. The Morgan fingerprint density at radius 3 is 1.39 bits per heavy atom. The molecule has 0 aliphatic carbocycles. The number of hydrogen-bond acceptors (Lipinski definition) is 3. The van der Waals surface area contributed by atoms with E-state index in [0.717, 1.165) is 26.4 Å². The zero-order chi connectivity index (χ0) is 19.3. The van der Waals surface area contributed by atoms with Gasteiger partial charge in [0.15, 0.2) is 0 Å². The Hall–Kier alpha value is -2.94. The lowest BCUT2D eigenvalue weighted by Crippen LogP contribution is -2.51. The summed E-state index contributed by atoms with van der Waals surface area (Å²) in [5.41, 5.74) is 10.9. The van der Waals surface area contributed by atoms with Crippen molar-refractivity contribution < 1.29 is 0 Å². The molecule has 2 heterocycles. The third-order valence-corrected chi connectivity index (χ3v) is 5.93. The van der Waals surface area contributed by atoms with E-state index in [1.54, 1.807) is 0 Å². The predicted octanol–water partition coefficient (Wildman–Crippen LogP) is 5.37. The van der Waals surface area contributed by atoms with Gasteiger partial charge < -0.3 is 14.7 Å². The zero-order valence-electron chi connectivity index (χ0n) is 16.9. The molecule has 0 bridgehead atoms. The van der Waals surface area contributed by atoms with Crippen LogP contribution in [0.3, 0.4) is 0 Å². The van der Waals surface area contributed by atoms with Gasteiger partial charge in [-0.3, -0.25) is 0 Å². The average molecular weight is 370 g/mol. The molecule has 0 atom stereocenters. The van der Waals surface area contributed by atoms with Crippen molar-refractivity contribution in [2.75, 3.05) is 28.0 Å². The molecule has 0 aromatic heterocycles. The molecule has 3 aromatic rings. The van der Waals surface area contributed by atoms with Crippen LogP contribution in [0.4, 0.5) is 17.1 Å². The first-order valence-electron chi connectivity index (χ1n) is 10.1. The molecule has 0 spiro atoms. The minimum Gasteiger partial charge on any atom is -0.349 e. The highest BCUT2D eigenvalue weighted by atomic mass is 15.4. The predicted molar refractivity (Wildman–Crippen MR) is 118 cm³/mol. The van der Waals surface area contributed by atoms with Gasteiger partial charge in [0.2, 0.25) is 0 Å². The molecule has 2 aliphatic heterocycles. The Bertz CT molecular complexity index is 926. The van der Waals surface area contributed by atoms with Crippen molar-refractivity contribution in [3.8, 4) is 0 Å². The van der Waals surface area contributed by atoms with Gasteiger partial charge in [0.25, 0.3) is 0 Å². The molecular weight excluding hydrogens is 342 g/mol. The highest BCUT2D eigenvalue weighted by molar-refractivity contribution is 5.70. The Balaban J connectivity index is 1.53. The topological polar surface area (TPSA) is 9.72 Å². The van der Waals surface area contributed by atoms with Gasteiger partial charge in [-0.1, -0.05) is 53.1 Å². The molecule has 3 nitrogen and oxygen atoms in total. The summed E-state index contributed by atoms with van der Waals surface area (Å²) >= 11 is 0. The summed E-state index contributed by atoms with van der Waals surface area (Å²) < 4.78 is 0. The van der Waals surface area contributed by atoms with Crippen LogP contribution in [0.15, 0.2) is 60.7 Å². The normalized spacial score (nSPS) is 15.6. The van der Waals surface area contributed by atoms with Gasteiger partial charge >= 0.3 is 0 Å². The van der Waals surface area contributed by atoms with Crippen molar-refractivity contribution in [1.82, 2.24) is 0 Å². The van der Waals surface area contributed by atoms with Gasteiger partial charge in [-0.05, 0) is 56.2 Å². The summed E-state index contributed by atoms with van der Waals surface area (Å²) in [4.78, 5) is 7.52. The second-order valence-electron chi connectivity index (χ2n) is 8.32. The molecule has 5 rings (SSSR count). The van der Waals surface area contributed by atoms with Gasteiger partial charge in [-0.25, -0.2) is 0 Å². The van der Waals surface area contributed by atoms with E-state index in [9.17, 15) is 0 Å². The maximum atomic E-state index is 2.54. The molecular formula is C25H27N3. The molecule has 0 N–H and O–H groups in total. The Kier molecular flexibility index (Phi) is 4.04. The molecule has 0 fully saturated rings. The molecule has 28 heavy (non-hydrogen) atoms. The fourth-order valence-electron chi connectivity index (χ4n) is 4.55. The first-order valence-corrected chi connectivity index (χ1v) is 10.1. The van der Waals surface area contributed by atoms with Crippen molar-refractivity contribution in [3.05, 3.63) is 88.5 Å². The van der Waals surface area contributed by atoms with Crippen LogP contribution in [0.2, 0.25) is 0 Å². The Morgan fingerprint density at radius 2 is 0.964 bits per heavy atom. The monoisotopic (exact) mass is 369 g/mol. The third-order valence-electron chi connectivity index (χ3n) is 5.93. The maximum absolute atomic E-state index is 2.54. The maximum Gasteiger partial charge on any atom is 0.0924 e. The van der Waals surface area contributed by atoms with E-state index >= 15 is 0 Å². The highest BCUT2D eigenvalue weighted by Crippen LogP contribution is 2.39. The van der Waals surface area contributed by atoms with Gasteiger partial charge in [-0.15, -0.1) is 0 Å². The van der Waals surface area contributed by atoms with Gasteiger partial charge in [0.05, 0.1) is 13.3 Å². The van der Waals surface area contributed by atoms with Crippen LogP contribution in [0, 0.1) is 20.8 Å². The van der Waals surface area contributed by atoms with E-state index < -0.39 is 0 Å². The quantitative estimate of drug-likeness (QED) is 0.601. The van der Waals surface area contributed by atoms with Crippen LogP contribution in [-0.2, 0) is 13.1 Å². The zero-order valence-corrected chi connectivity index (χ0v) is 16.9. The minimum atomic E-state index is 0.925. The van der Waals surface area contributed by atoms with Gasteiger partial charge in [0.1, 0.15) is 0 Å². The summed E-state index contributed by atoms with van der Waals surface area (Å²) in [5.74, 6) is 0. The molecule has 3 heteroatoms. The molecule has 0 saturated carbocycles. The SMILES string of the molecule is Cc1ccc(N2Cc3cc(C)cc4c3N(C2)CN(c2ccc(C)cc2)C4)cc1. The first-order chi connectivity index (χ1) is 13.6. The van der Waals surface area contributed by atoms with Crippen molar-refractivity contribution in [2.45, 2.75) is 33.9 Å². The van der Waals surface area contributed by atoms with E-state index in [2.05, 4.69) is 96.1 Å². The fraction of sp³-hybridized carbons (Fsp3) is 0.280. The summed E-state index contributed by atoms with van der Waals surface area (Å²) in [6, 6.07) is 22.6. The van der Waals surface area contributed by atoms with Gasteiger partial charge in [-0.2, -0.15) is 0 Å². The lowest BCUT2D eigenvalue weighted by Gasteiger charge is -2.47. The Labute approximate surface area is 167 Å². The number of nitrogens with zero attached hydrogens (tertiary/aromatic N) is 3. The van der Waals surface area contributed by atoms with Crippen LogP contribution in [-0.4, -0.2) is 13.3 Å². The second kappa shape index (κ2) is 6.59. The third kappa shape index (κ3) is 3.01. The van der Waals surface area contributed by atoms with Crippen LogP contribution < -0.4 is 14.7 Å². The number of rotatable bonds is 2. The fourth-order valence-corrected chi connectivity index (χ4v) is 4.55. The summed E-state index contributed by atoms with van der Waals surface area (Å²) in [6.45, 7) is 10.3. The summed E-state index contributed by atoms with van der Waals surface area (Å²) in [5, 5.41) is 0. The highest BCUT2D eigenvalue weighted by Gasteiger charge is 2.31. The van der Waals surface area contributed by atoms with Crippen molar-refractivity contribution in [1.29, 1.82) is 0 Å². The number of benzene rings is 3. The molecule has 142 valence electrons. The van der Waals surface area contributed by atoms with Crippen LogP contribution >= 0.6 is 0 Å². The lowest BCUT2D eigenvalue weighted by atomic mass is 9.97. The summed E-state index contributed by atoms with van der Waals surface area (Å²) in [7, 11) is 0. The van der Waals surface area contributed by atoms with Crippen molar-refractivity contribution >= 4 is 17.1 Å². The number of anilines is 3. The van der Waals surface area contributed by atoms with E-state index in [1.807, 2.05) is 0 Å². The van der Waals surface area contributed by atoms with Crippen LogP contribution in [0.1, 0.15) is 27.8 Å². The van der Waals surface area contributed by atoms with E-state index in [1.165, 1.54) is 44.9 Å². The van der Waals surface area contributed by atoms with Crippen molar-refractivity contribution in [3.63, 3.8) is 0 Å². The van der Waals surface area contributed by atoms with Crippen molar-refractivity contribution in [2.24, 2.45) is 0 Å². The first kappa shape index (κ1) is 17.2. The van der Waals surface area contributed by atoms with E-state index in [0.29, 0.717) is 0 Å². The molecule has 3 aromatic carbocycles. The number of aryl methyl sites for hydroxylation is 3. The average Bonchev–Trinajstić information content (AvgIpc) is 2.68. The van der Waals surface area contributed by atoms with E-state index in [-0.39, 0.29) is 0 Å². The van der Waals surface area contributed by atoms with Crippen LogP contribution in [0.25, 0.3) is 0 Å². The largest absolute Gasteiger partial charge is 0.349 e. The standard InChI is InChI=1S/C25H27N3/c1-18-4-8-23(9-5-18)26-14-21-12-20(3)13-22-15-27(17-28(16-26)25(21)22)24-10-6-19(2)7-11-24/h4-13H,14-17H2,1-3H3. The Morgan fingerprint density at radius 1 is 0.536 bits per heavy atom. The molecule has 0 saturated heterocycles. The number of hydrogen-bond donors (Lipinski definition) is 0. The smallest absolute Gasteiger partial charge is 0.0924 e. The van der Waals surface area contributed by atoms with Gasteiger partial charge in [0, 0.05) is 30.2 Å². The lowest BCUT2D eigenvalue weighted by molar-refractivity contribution is 0.626. The molecule has 0 amide bonds. The molecule has 0 unspecified atom stereocenters. The summed E-state index contributed by atoms with van der Waals surface area (Å²) in [6.07, 6.45) is 0. The minimum absolute atomic E-state index is 0.925. The second-order valence-corrected chi connectivity index (χ2v) is 8.32.